The molecule has 1 aromatic carbocycles. The van der Waals surface area contributed by atoms with Crippen LogP contribution < -0.4 is 10.1 Å². The molecule has 4 heteroatoms. The topological polar surface area (TPSA) is 47.6 Å². The lowest BCUT2D eigenvalue weighted by Crippen LogP contribution is -2.52. The quantitative estimate of drug-likeness (QED) is 0.783. The summed E-state index contributed by atoms with van der Waals surface area (Å²) in [4.78, 5) is 11.6. The molecular formula is C14H21NO3. The number of esters is 1. The van der Waals surface area contributed by atoms with E-state index in [2.05, 4.69) is 12.2 Å². The Labute approximate surface area is 108 Å². The van der Waals surface area contributed by atoms with Gasteiger partial charge in [0.25, 0.3) is 0 Å². The number of carbonyl (C=O) groups is 1. The number of likely N-dealkylation sites (N-methyl/N-ethyl adjacent to an activating group) is 1. The van der Waals surface area contributed by atoms with Crippen molar-refractivity contribution in [3.05, 3.63) is 29.8 Å². The Morgan fingerprint density at radius 1 is 1.33 bits per heavy atom. The van der Waals surface area contributed by atoms with Gasteiger partial charge in [-0.3, -0.25) is 0 Å². The first-order valence-electron chi connectivity index (χ1n) is 6.04. The van der Waals surface area contributed by atoms with Crippen molar-refractivity contribution < 1.29 is 14.3 Å². The van der Waals surface area contributed by atoms with Gasteiger partial charge in [-0.15, -0.1) is 0 Å². The fourth-order valence-corrected chi connectivity index (χ4v) is 1.51. The van der Waals surface area contributed by atoms with Crippen molar-refractivity contribution in [1.29, 1.82) is 0 Å². The van der Waals surface area contributed by atoms with Crippen molar-refractivity contribution in [2.24, 2.45) is 0 Å². The van der Waals surface area contributed by atoms with E-state index in [0.717, 1.165) is 12.2 Å². The number of hydrogen-bond acceptors (Lipinski definition) is 4. The summed E-state index contributed by atoms with van der Waals surface area (Å²) in [6, 6.07) is 7.85. The number of nitrogens with one attached hydrogen (secondary N) is 1. The van der Waals surface area contributed by atoms with Crippen LogP contribution in [-0.4, -0.2) is 32.3 Å². The maximum absolute atomic E-state index is 11.6. The highest BCUT2D eigenvalue weighted by Crippen LogP contribution is 2.15. The smallest absolute Gasteiger partial charge is 0.329 e. The van der Waals surface area contributed by atoms with Crippen LogP contribution in [0.4, 0.5) is 0 Å². The van der Waals surface area contributed by atoms with Crippen LogP contribution >= 0.6 is 0 Å². The fourth-order valence-electron chi connectivity index (χ4n) is 1.51. The lowest BCUT2D eigenvalue weighted by Gasteiger charge is -2.25. The van der Waals surface area contributed by atoms with Gasteiger partial charge in [-0.05, 0) is 38.1 Å². The lowest BCUT2D eigenvalue weighted by atomic mass is 10.1. The van der Waals surface area contributed by atoms with Crippen LogP contribution in [0.25, 0.3) is 0 Å². The third-order valence-electron chi connectivity index (χ3n) is 3.05. The minimum atomic E-state index is -0.835. The molecule has 4 nitrogen and oxygen atoms in total. The van der Waals surface area contributed by atoms with Gasteiger partial charge >= 0.3 is 5.97 Å². The van der Waals surface area contributed by atoms with Crippen LogP contribution in [-0.2, 0) is 16.0 Å². The molecule has 0 fully saturated rings. The molecule has 0 amide bonds. The Balaban J connectivity index is 2.64. The van der Waals surface area contributed by atoms with Crippen LogP contribution in [0.5, 0.6) is 5.75 Å². The van der Waals surface area contributed by atoms with Crippen molar-refractivity contribution >= 4 is 5.97 Å². The average molecular weight is 251 g/mol. The first-order chi connectivity index (χ1) is 8.55. The summed E-state index contributed by atoms with van der Waals surface area (Å²) in [5.41, 5.74) is 0.421. The van der Waals surface area contributed by atoms with E-state index < -0.39 is 5.54 Å². The van der Waals surface area contributed by atoms with Gasteiger partial charge in [-0.1, -0.05) is 19.1 Å². The zero-order valence-electron chi connectivity index (χ0n) is 11.4. The summed E-state index contributed by atoms with van der Waals surface area (Å²) in [6.07, 6.45) is 0.997. The van der Waals surface area contributed by atoms with E-state index in [-0.39, 0.29) is 12.6 Å². The predicted octanol–water partition coefficient (Wildman–Crippen LogP) is 1.78. The van der Waals surface area contributed by atoms with Crippen molar-refractivity contribution in [2.45, 2.75) is 25.8 Å². The van der Waals surface area contributed by atoms with Gasteiger partial charge in [-0.2, -0.15) is 0 Å². The molecule has 18 heavy (non-hydrogen) atoms. The van der Waals surface area contributed by atoms with E-state index in [0.29, 0.717) is 0 Å². The Kier molecular flexibility index (Phi) is 5.16. The molecule has 1 unspecified atom stereocenters. The second-order valence-electron chi connectivity index (χ2n) is 4.36. The second kappa shape index (κ2) is 6.40. The molecule has 100 valence electrons. The number of hydrogen-bond donors (Lipinski definition) is 1. The van der Waals surface area contributed by atoms with Gasteiger partial charge in [0, 0.05) is 0 Å². The monoisotopic (exact) mass is 251 g/mol. The summed E-state index contributed by atoms with van der Waals surface area (Å²) in [6.45, 7) is 4.08. The molecule has 1 aromatic rings. The van der Waals surface area contributed by atoms with Crippen LogP contribution in [0.15, 0.2) is 24.3 Å². The Bertz CT molecular complexity index is 389. The van der Waals surface area contributed by atoms with Gasteiger partial charge in [0.1, 0.15) is 17.9 Å². The number of carbonyl (C=O) groups excluding carboxylic acids is 1. The molecule has 0 radical (unpaired) electrons. The molecule has 0 bridgehead atoms. The zero-order valence-corrected chi connectivity index (χ0v) is 11.4. The SMILES string of the molecule is CCc1ccc(OCC(C)(NC)C(=O)OC)cc1. The third-order valence-corrected chi connectivity index (χ3v) is 3.05. The summed E-state index contributed by atoms with van der Waals surface area (Å²) in [7, 11) is 3.08. The van der Waals surface area contributed by atoms with E-state index in [1.807, 2.05) is 24.3 Å². The highest BCUT2D eigenvalue weighted by molar-refractivity contribution is 5.80. The molecule has 0 aliphatic rings. The van der Waals surface area contributed by atoms with Crippen molar-refractivity contribution in [1.82, 2.24) is 5.32 Å². The molecule has 0 spiro atoms. The molecule has 0 heterocycles. The number of benzene rings is 1. The maximum Gasteiger partial charge on any atom is 0.329 e. The van der Waals surface area contributed by atoms with Crippen molar-refractivity contribution in [3.63, 3.8) is 0 Å². The normalized spacial score (nSPS) is 13.8. The van der Waals surface area contributed by atoms with Crippen LogP contribution in [0.1, 0.15) is 19.4 Å². The standard InChI is InChI=1S/C14H21NO3/c1-5-11-6-8-12(9-7-11)18-10-14(2,15-3)13(16)17-4/h6-9,15H,5,10H2,1-4H3. The Morgan fingerprint density at radius 2 is 1.94 bits per heavy atom. The minimum Gasteiger partial charge on any atom is -0.491 e. The van der Waals surface area contributed by atoms with Crippen LogP contribution in [0.3, 0.4) is 0 Å². The first kappa shape index (κ1) is 14.5. The van der Waals surface area contributed by atoms with Crippen LogP contribution in [0.2, 0.25) is 0 Å². The number of rotatable bonds is 6. The highest BCUT2D eigenvalue weighted by Gasteiger charge is 2.33. The van der Waals surface area contributed by atoms with Gasteiger partial charge in [-0.25, -0.2) is 4.79 Å². The van der Waals surface area contributed by atoms with Crippen LogP contribution in [0, 0.1) is 0 Å². The Morgan fingerprint density at radius 3 is 2.39 bits per heavy atom. The molecule has 1 atom stereocenters. The second-order valence-corrected chi connectivity index (χ2v) is 4.36. The van der Waals surface area contributed by atoms with Gasteiger partial charge in [0.05, 0.1) is 7.11 Å². The lowest BCUT2D eigenvalue weighted by molar-refractivity contribution is -0.148. The van der Waals surface area contributed by atoms with Crippen molar-refractivity contribution in [3.8, 4) is 5.75 Å². The molecule has 0 aliphatic heterocycles. The minimum absolute atomic E-state index is 0.224. The molecule has 0 saturated heterocycles. The molecule has 1 N–H and O–H groups in total. The van der Waals surface area contributed by atoms with Crippen molar-refractivity contribution in [2.75, 3.05) is 20.8 Å². The summed E-state index contributed by atoms with van der Waals surface area (Å²) >= 11 is 0. The number of methoxy groups -OCH3 is 1. The zero-order chi connectivity index (χ0) is 13.6. The van der Waals surface area contributed by atoms with Gasteiger partial charge in [0.15, 0.2) is 0 Å². The summed E-state index contributed by atoms with van der Waals surface area (Å²) in [5.74, 6) is 0.410. The van der Waals surface area contributed by atoms with E-state index in [4.69, 9.17) is 9.47 Å². The molecular weight excluding hydrogens is 230 g/mol. The third kappa shape index (κ3) is 3.47. The summed E-state index contributed by atoms with van der Waals surface area (Å²) in [5, 5.41) is 2.92. The molecule has 0 aliphatic carbocycles. The predicted molar refractivity (Wildman–Crippen MR) is 70.8 cm³/mol. The van der Waals surface area contributed by atoms with E-state index >= 15 is 0 Å². The van der Waals surface area contributed by atoms with Gasteiger partial charge in [0.2, 0.25) is 0 Å². The average Bonchev–Trinajstić information content (AvgIpc) is 2.44. The molecule has 1 rings (SSSR count). The van der Waals surface area contributed by atoms with E-state index in [1.165, 1.54) is 12.7 Å². The molecule has 0 aromatic heterocycles. The van der Waals surface area contributed by atoms with E-state index in [9.17, 15) is 4.79 Å². The maximum atomic E-state index is 11.6. The summed E-state index contributed by atoms with van der Waals surface area (Å²) < 4.78 is 10.4. The Hall–Kier alpha value is -1.55. The number of aryl methyl sites for hydroxylation is 1. The van der Waals surface area contributed by atoms with Gasteiger partial charge < -0.3 is 14.8 Å². The van der Waals surface area contributed by atoms with E-state index in [1.54, 1.807) is 14.0 Å². The number of ether oxygens (including phenoxy) is 2. The highest BCUT2D eigenvalue weighted by atomic mass is 16.5. The largest absolute Gasteiger partial charge is 0.491 e. The fraction of sp³-hybridized carbons (Fsp3) is 0.500. The first-order valence-corrected chi connectivity index (χ1v) is 6.04. The molecule has 0 saturated carbocycles.